The van der Waals surface area contributed by atoms with Gasteiger partial charge in [0.2, 0.25) is 0 Å². The maximum atomic E-state index is 12.7. The third kappa shape index (κ3) is 2.60. The molecule has 0 unspecified atom stereocenters. The number of para-hydroxylation sites is 1. The van der Waals surface area contributed by atoms with Crippen LogP contribution >= 0.6 is 0 Å². The van der Waals surface area contributed by atoms with E-state index in [1.807, 2.05) is 31.2 Å². The van der Waals surface area contributed by atoms with Gasteiger partial charge in [-0.2, -0.15) is 0 Å². The highest BCUT2D eigenvalue weighted by Gasteiger charge is 2.13. The Hall–Kier alpha value is -2.75. The lowest BCUT2D eigenvalue weighted by atomic mass is 10.0. The van der Waals surface area contributed by atoms with Gasteiger partial charge in [0.05, 0.1) is 18.3 Å². The number of hydrogen-bond acceptors (Lipinski definition) is 4. The van der Waals surface area contributed by atoms with Gasteiger partial charge >= 0.3 is 0 Å². The van der Waals surface area contributed by atoms with Crippen LogP contribution in [0.2, 0.25) is 0 Å². The fourth-order valence-corrected chi connectivity index (χ4v) is 2.24. The van der Waals surface area contributed by atoms with Crippen molar-refractivity contribution in [1.82, 2.24) is 9.97 Å². The number of ether oxygens (including phenoxy) is 1. The third-order valence-corrected chi connectivity index (χ3v) is 3.18. The Bertz CT molecular complexity index is 794. The van der Waals surface area contributed by atoms with Crippen LogP contribution < -0.4 is 4.74 Å². The molecule has 0 amide bonds. The Morgan fingerprint density at radius 2 is 2.05 bits per heavy atom. The highest BCUT2D eigenvalue weighted by molar-refractivity contribution is 6.15. The second-order valence-corrected chi connectivity index (χ2v) is 4.55. The molecular formula is C17H14N2O2. The summed E-state index contributed by atoms with van der Waals surface area (Å²) in [6.07, 6.45) is 4.81. The molecule has 4 nitrogen and oxygen atoms in total. The maximum absolute atomic E-state index is 12.7. The molecule has 0 saturated heterocycles. The lowest BCUT2D eigenvalue weighted by molar-refractivity contribution is 0.103. The van der Waals surface area contributed by atoms with Crippen molar-refractivity contribution in [2.45, 2.75) is 6.92 Å². The van der Waals surface area contributed by atoms with Crippen LogP contribution in [0.5, 0.6) is 5.75 Å². The summed E-state index contributed by atoms with van der Waals surface area (Å²) in [6.45, 7) is 2.43. The van der Waals surface area contributed by atoms with Gasteiger partial charge in [-0.3, -0.25) is 14.8 Å². The molecule has 0 aliphatic carbocycles. The zero-order chi connectivity index (χ0) is 14.7. The van der Waals surface area contributed by atoms with Crippen molar-refractivity contribution in [3.05, 3.63) is 66.1 Å². The van der Waals surface area contributed by atoms with Gasteiger partial charge in [0.15, 0.2) is 5.78 Å². The number of benzene rings is 1. The number of ketones is 1. The highest BCUT2D eigenvalue weighted by Crippen LogP contribution is 2.21. The third-order valence-electron chi connectivity index (χ3n) is 3.18. The minimum atomic E-state index is -0.0809. The topological polar surface area (TPSA) is 52.1 Å². The van der Waals surface area contributed by atoms with Crippen LogP contribution in [-0.2, 0) is 0 Å². The van der Waals surface area contributed by atoms with Crippen molar-refractivity contribution in [2.75, 3.05) is 6.61 Å². The predicted octanol–water partition coefficient (Wildman–Crippen LogP) is 3.26. The molecule has 2 heterocycles. The summed E-state index contributed by atoms with van der Waals surface area (Å²) in [5.41, 5.74) is 1.94. The van der Waals surface area contributed by atoms with Crippen molar-refractivity contribution in [3.8, 4) is 5.75 Å². The van der Waals surface area contributed by atoms with Crippen molar-refractivity contribution in [3.63, 3.8) is 0 Å². The smallest absolute Gasteiger partial charge is 0.195 e. The molecule has 0 atom stereocenters. The van der Waals surface area contributed by atoms with Crippen LogP contribution in [0.4, 0.5) is 0 Å². The second-order valence-electron chi connectivity index (χ2n) is 4.55. The molecule has 4 heteroatoms. The summed E-state index contributed by atoms with van der Waals surface area (Å²) in [5.74, 6) is 0.518. The molecule has 2 aromatic heterocycles. The standard InChI is InChI=1S/C17H14N2O2/c1-2-21-13-9-12(10-18-11-13)17(20)15-7-8-19-16-6-4-3-5-14(15)16/h3-11H,2H2,1H3. The van der Waals surface area contributed by atoms with Crippen molar-refractivity contribution in [2.24, 2.45) is 0 Å². The summed E-state index contributed by atoms with van der Waals surface area (Å²) < 4.78 is 5.39. The number of nitrogens with zero attached hydrogens (tertiary/aromatic N) is 2. The van der Waals surface area contributed by atoms with E-state index in [1.165, 1.54) is 0 Å². The van der Waals surface area contributed by atoms with Gasteiger partial charge in [-0.1, -0.05) is 18.2 Å². The molecule has 0 spiro atoms. The van der Waals surface area contributed by atoms with Gasteiger partial charge in [0.1, 0.15) is 5.75 Å². The fraction of sp³-hybridized carbons (Fsp3) is 0.118. The summed E-state index contributed by atoms with van der Waals surface area (Å²) in [4.78, 5) is 21.0. The Morgan fingerprint density at radius 3 is 2.90 bits per heavy atom. The van der Waals surface area contributed by atoms with Crippen molar-refractivity contribution < 1.29 is 9.53 Å². The molecule has 1 aromatic carbocycles. The molecule has 3 aromatic rings. The van der Waals surface area contributed by atoms with E-state index in [0.29, 0.717) is 23.5 Å². The number of rotatable bonds is 4. The monoisotopic (exact) mass is 278 g/mol. The van der Waals surface area contributed by atoms with Crippen LogP contribution in [0.15, 0.2) is 55.0 Å². The van der Waals surface area contributed by atoms with E-state index in [1.54, 1.807) is 30.7 Å². The minimum absolute atomic E-state index is 0.0809. The van der Waals surface area contributed by atoms with Crippen LogP contribution in [-0.4, -0.2) is 22.4 Å². The second kappa shape index (κ2) is 5.71. The van der Waals surface area contributed by atoms with E-state index in [9.17, 15) is 4.79 Å². The van der Waals surface area contributed by atoms with E-state index in [-0.39, 0.29) is 5.78 Å². The number of aromatic nitrogens is 2. The zero-order valence-electron chi connectivity index (χ0n) is 11.6. The first-order valence-electron chi connectivity index (χ1n) is 6.76. The summed E-state index contributed by atoms with van der Waals surface area (Å²) in [6, 6.07) is 11.0. The van der Waals surface area contributed by atoms with Crippen molar-refractivity contribution in [1.29, 1.82) is 0 Å². The first-order chi connectivity index (χ1) is 10.3. The summed E-state index contributed by atoms with van der Waals surface area (Å²) >= 11 is 0. The van der Waals surface area contributed by atoms with Gasteiger partial charge in [-0.15, -0.1) is 0 Å². The molecule has 104 valence electrons. The lowest BCUT2D eigenvalue weighted by Crippen LogP contribution is -2.04. The molecule has 0 bridgehead atoms. The molecule has 0 radical (unpaired) electrons. The number of carbonyl (C=O) groups is 1. The average Bonchev–Trinajstić information content (AvgIpc) is 2.54. The molecule has 0 fully saturated rings. The average molecular weight is 278 g/mol. The van der Waals surface area contributed by atoms with Gasteiger partial charge in [0.25, 0.3) is 0 Å². The number of carbonyl (C=O) groups excluding carboxylic acids is 1. The molecule has 3 rings (SSSR count). The highest BCUT2D eigenvalue weighted by atomic mass is 16.5. The van der Waals surface area contributed by atoms with E-state index in [2.05, 4.69) is 9.97 Å². The van der Waals surface area contributed by atoms with E-state index in [0.717, 1.165) is 10.9 Å². The first kappa shape index (κ1) is 13.2. The molecule has 21 heavy (non-hydrogen) atoms. The Morgan fingerprint density at radius 1 is 1.19 bits per heavy atom. The van der Waals surface area contributed by atoms with E-state index >= 15 is 0 Å². The van der Waals surface area contributed by atoms with Gasteiger partial charge in [0, 0.05) is 28.9 Å². The Labute approximate surface area is 122 Å². The molecule has 0 saturated carbocycles. The van der Waals surface area contributed by atoms with Gasteiger partial charge in [-0.05, 0) is 25.1 Å². The summed E-state index contributed by atoms with van der Waals surface area (Å²) in [7, 11) is 0. The van der Waals surface area contributed by atoms with Crippen LogP contribution in [0.3, 0.4) is 0 Å². The van der Waals surface area contributed by atoms with Crippen LogP contribution in [0, 0.1) is 0 Å². The SMILES string of the molecule is CCOc1cncc(C(=O)c2ccnc3ccccc23)c1. The molecule has 0 N–H and O–H groups in total. The Kier molecular flexibility index (Phi) is 3.60. The van der Waals surface area contributed by atoms with E-state index < -0.39 is 0 Å². The van der Waals surface area contributed by atoms with Gasteiger partial charge < -0.3 is 4.74 Å². The number of pyridine rings is 2. The molecule has 0 aliphatic heterocycles. The number of hydrogen-bond donors (Lipinski definition) is 0. The number of fused-ring (bicyclic) bond motifs is 1. The lowest BCUT2D eigenvalue weighted by Gasteiger charge is -2.07. The minimum Gasteiger partial charge on any atom is -0.492 e. The quantitative estimate of drug-likeness (QED) is 0.687. The predicted molar refractivity (Wildman–Crippen MR) is 80.6 cm³/mol. The normalized spacial score (nSPS) is 10.5. The zero-order valence-corrected chi connectivity index (χ0v) is 11.6. The van der Waals surface area contributed by atoms with Crippen LogP contribution in [0.1, 0.15) is 22.8 Å². The molecule has 0 aliphatic rings. The maximum Gasteiger partial charge on any atom is 0.195 e. The first-order valence-corrected chi connectivity index (χ1v) is 6.76. The summed E-state index contributed by atoms with van der Waals surface area (Å²) in [5, 5.41) is 0.840. The van der Waals surface area contributed by atoms with Crippen molar-refractivity contribution >= 4 is 16.7 Å². The molecular weight excluding hydrogens is 264 g/mol. The van der Waals surface area contributed by atoms with Gasteiger partial charge in [-0.25, -0.2) is 0 Å². The fourth-order valence-electron chi connectivity index (χ4n) is 2.24. The van der Waals surface area contributed by atoms with Crippen LogP contribution in [0.25, 0.3) is 10.9 Å². The largest absolute Gasteiger partial charge is 0.492 e. The Balaban J connectivity index is 2.06. The van der Waals surface area contributed by atoms with E-state index in [4.69, 9.17) is 4.74 Å².